The number of aryl methyl sites for hydroxylation is 1. The van der Waals surface area contributed by atoms with Gasteiger partial charge in [-0.3, -0.25) is 4.79 Å². The van der Waals surface area contributed by atoms with E-state index in [9.17, 15) is 18.0 Å². The molecule has 1 aliphatic carbocycles. The van der Waals surface area contributed by atoms with E-state index in [1.807, 2.05) is 6.92 Å². The van der Waals surface area contributed by atoms with Crippen LogP contribution in [0.4, 0.5) is 5.69 Å². The highest BCUT2D eigenvalue weighted by atomic mass is 32.2. The third-order valence-corrected chi connectivity index (χ3v) is 8.04. The van der Waals surface area contributed by atoms with Crippen LogP contribution < -0.4 is 9.04 Å². The third-order valence-electron chi connectivity index (χ3n) is 6.30. The van der Waals surface area contributed by atoms with Gasteiger partial charge in [0.25, 0.3) is 10.0 Å². The van der Waals surface area contributed by atoms with Crippen LogP contribution in [0.25, 0.3) is 11.0 Å². The molecule has 0 atom stereocenters. The van der Waals surface area contributed by atoms with Gasteiger partial charge in [0.1, 0.15) is 22.7 Å². The fourth-order valence-electron chi connectivity index (χ4n) is 4.57. The average Bonchev–Trinajstić information content (AvgIpc) is 3.19. The molecule has 0 N–H and O–H groups in total. The highest BCUT2D eigenvalue weighted by Gasteiger charge is 2.36. The molecule has 1 fully saturated rings. The first kappa shape index (κ1) is 24.8. The van der Waals surface area contributed by atoms with Gasteiger partial charge in [-0.25, -0.2) is 17.5 Å². The quantitative estimate of drug-likeness (QED) is 0.410. The minimum atomic E-state index is -4.25. The number of fused-ring (bicyclic) bond motifs is 1. The molecule has 8 nitrogen and oxygen atoms in total. The van der Waals surface area contributed by atoms with Crippen LogP contribution in [0.1, 0.15) is 55.1 Å². The van der Waals surface area contributed by atoms with E-state index in [2.05, 4.69) is 0 Å². The number of hydrogen-bond donors (Lipinski definition) is 0. The normalized spacial score (nSPS) is 14.6. The van der Waals surface area contributed by atoms with E-state index in [-0.39, 0.29) is 16.1 Å². The fourth-order valence-corrected chi connectivity index (χ4v) is 6.04. The maximum absolute atomic E-state index is 13.9. The van der Waals surface area contributed by atoms with Crippen LogP contribution in [0.15, 0.2) is 51.8 Å². The van der Waals surface area contributed by atoms with E-state index in [4.69, 9.17) is 13.9 Å². The van der Waals surface area contributed by atoms with Crippen LogP contribution >= 0.6 is 0 Å². The molecule has 0 unspecified atom stereocenters. The lowest BCUT2D eigenvalue weighted by Gasteiger charge is -2.29. The van der Waals surface area contributed by atoms with Crippen LogP contribution in [-0.4, -0.2) is 34.0 Å². The number of ether oxygens (including phenoxy) is 2. The molecule has 1 saturated carbocycles. The van der Waals surface area contributed by atoms with Crippen molar-refractivity contribution in [2.75, 3.05) is 18.0 Å². The number of rotatable bonds is 7. The van der Waals surface area contributed by atoms with Crippen molar-refractivity contribution in [1.82, 2.24) is 0 Å². The Kier molecular flexibility index (Phi) is 7.16. The maximum Gasteiger partial charge on any atom is 0.342 e. The Hall–Kier alpha value is -3.33. The molecule has 0 aliphatic heterocycles. The molecule has 0 radical (unpaired) electrons. The van der Waals surface area contributed by atoms with Gasteiger partial charge in [0.15, 0.2) is 0 Å². The molecule has 2 aromatic carbocycles. The van der Waals surface area contributed by atoms with E-state index < -0.39 is 27.8 Å². The number of benzene rings is 2. The first-order chi connectivity index (χ1) is 16.8. The lowest BCUT2D eigenvalue weighted by molar-refractivity contribution is -0.122. The van der Waals surface area contributed by atoms with Gasteiger partial charge in [0, 0.05) is 11.3 Å². The van der Waals surface area contributed by atoms with Gasteiger partial charge in [0.2, 0.25) is 5.91 Å². The minimum Gasteiger partial charge on any atom is -0.494 e. The van der Waals surface area contributed by atoms with Gasteiger partial charge in [0.05, 0.1) is 24.3 Å². The molecule has 0 spiro atoms. The molecule has 35 heavy (non-hydrogen) atoms. The van der Waals surface area contributed by atoms with E-state index in [1.165, 1.54) is 31.4 Å². The van der Waals surface area contributed by atoms with E-state index in [0.29, 0.717) is 41.9 Å². The van der Waals surface area contributed by atoms with Gasteiger partial charge in [-0.1, -0.05) is 19.3 Å². The van der Waals surface area contributed by atoms with Crippen molar-refractivity contribution in [1.29, 1.82) is 0 Å². The summed E-state index contributed by atoms with van der Waals surface area (Å²) in [6.45, 7) is 3.92. The Bertz CT molecular complexity index is 1340. The summed E-state index contributed by atoms with van der Waals surface area (Å²) < 4.78 is 44.6. The second kappa shape index (κ2) is 10.1. The summed E-state index contributed by atoms with van der Waals surface area (Å²) >= 11 is 0. The van der Waals surface area contributed by atoms with Gasteiger partial charge in [-0.05, 0) is 69.2 Å². The molecule has 1 amide bonds. The smallest absolute Gasteiger partial charge is 0.342 e. The second-order valence-electron chi connectivity index (χ2n) is 8.55. The van der Waals surface area contributed by atoms with Crippen LogP contribution in [0.2, 0.25) is 0 Å². The van der Waals surface area contributed by atoms with Gasteiger partial charge in [-0.15, -0.1) is 0 Å². The Morgan fingerprint density at radius 1 is 1.06 bits per heavy atom. The number of carbonyl (C=O) groups is 2. The summed E-state index contributed by atoms with van der Waals surface area (Å²) in [6.07, 6.45) is 4.04. The summed E-state index contributed by atoms with van der Waals surface area (Å²) in [7, 11) is -2.99. The zero-order valence-electron chi connectivity index (χ0n) is 20.1. The zero-order valence-corrected chi connectivity index (χ0v) is 20.9. The number of furan rings is 1. The first-order valence-corrected chi connectivity index (χ1v) is 13.2. The lowest BCUT2D eigenvalue weighted by atomic mass is 9.88. The van der Waals surface area contributed by atoms with Crippen molar-refractivity contribution in [3.63, 3.8) is 0 Å². The Morgan fingerprint density at radius 3 is 2.37 bits per heavy atom. The fraction of sp³-hybridized carbons (Fsp3) is 0.385. The van der Waals surface area contributed by atoms with Crippen LogP contribution in [0, 0.1) is 12.8 Å². The van der Waals surface area contributed by atoms with Crippen molar-refractivity contribution in [2.24, 2.45) is 5.92 Å². The largest absolute Gasteiger partial charge is 0.494 e. The number of hydrogen-bond acceptors (Lipinski definition) is 7. The Balaban J connectivity index is 1.85. The summed E-state index contributed by atoms with van der Waals surface area (Å²) in [6, 6.07) is 10.6. The maximum atomic E-state index is 13.9. The summed E-state index contributed by atoms with van der Waals surface area (Å²) in [5.41, 5.74) is 0.746. The third kappa shape index (κ3) is 4.77. The number of methoxy groups -OCH3 is 1. The highest BCUT2D eigenvalue weighted by Crippen LogP contribution is 2.35. The Morgan fingerprint density at radius 2 is 1.74 bits per heavy atom. The highest BCUT2D eigenvalue weighted by molar-refractivity contribution is 7.93. The monoisotopic (exact) mass is 499 g/mol. The lowest BCUT2D eigenvalue weighted by Crippen LogP contribution is -2.41. The Labute approximate surface area is 204 Å². The molecular weight excluding hydrogens is 470 g/mol. The van der Waals surface area contributed by atoms with Gasteiger partial charge < -0.3 is 13.9 Å². The molecule has 0 saturated heterocycles. The molecule has 1 aliphatic rings. The summed E-state index contributed by atoms with van der Waals surface area (Å²) in [5, 5.41) is 0.384. The van der Waals surface area contributed by atoms with Crippen LogP contribution in [0.3, 0.4) is 0 Å². The number of anilines is 1. The summed E-state index contributed by atoms with van der Waals surface area (Å²) in [5.74, 6) is -0.586. The van der Waals surface area contributed by atoms with Gasteiger partial charge >= 0.3 is 5.97 Å². The molecule has 1 heterocycles. The molecular formula is C26H29NO7S. The van der Waals surface area contributed by atoms with E-state index in [0.717, 1.165) is 23.6 Å². The summed E-state index contributed by atoms with van der Waals surface area (Å²) in [4.78, 5) is 26.1. The first-order valence-electron chi connectivity index (χ1n) is 11.7. The number of carbonyl (C=O) groups excluding carboxylic acids is 2. The van der Waals surface area contributed by atoms with E-state index in [1.54, 1.807) is 25.1 Å². The molecule has 0 bridgehead atoms. The molecule has 9 heteroatoms. The minimum absolute atomic E-state index is 0.0261. The van der Waals surface area contributed by atoms with Crippen molar-refractivity contribution in [2.45, 2.75) is 50.8 Å². The standard InChI is InChI=1S/C26H29NO7S/c1-4-33-20-11-13-21(14-12-20)35(30,31)27(25(28)18-8-6-5-7-9-18)19-10-15-23-22(16-19)24(17(2)34-23)26(29)32-3/h10-16,18H,4-9H2,1-3H3. The SMILES string of the molecule is CCOc1ccc(S(=O)(=O)N(C(=O)C2CCCCC2)c2ccc3oc(C)c(C(=O)OC)c3c2)cc1. The zero-order chi connectivity index (χ0) is 25.2. The van der Waals surface area contributed by atoms with Crippen molar-refractivity contribution in [3.05, 3.63) is 53.8 Å². The van der Waals surface area contributed by atoms with E-state index >= 15 is 0 Å². The molecule has 3 aromatic rings. The number of nitrogens with zero attached hydrogens (tertiary/aromatic N) is 1. The van der Waals surface area contributed by atoms with Gasteiger partial charge in [-0.2, -0.15) is 0 Å². The number of esters is 1. The predicted molar refractivity (Wildman–Crippen MR) is 131 cm³/mol. The average molecular weight is 500 g/mol. The van der Waals surface area contributed by atoms with Crippen LogP contribution in [-0.2, 0) is 19.6 Å². The second-order valence-corrected chi connectivity index (χ2v) is 10.3. The molecule has 1 aromatic heterocycles. The number of sulfonamides is 1. The molecule has 4 rings (SSSR count). The van der Waals surface area contributed by atoms with Crippen LogP contribution in [0.5, 0.6) is 5.75 Å². The van der Waals surface area contributed by atoms with Crippen molar-refractivity contribution >= 4 is 38.6 Å². The molecule has 186 valence electrons. The number of amides is 1. The van der Waals surface area contributed by atoms with Crippen molar-refractivity contribution < 1.29 is 31.9 Å². The topological polar surface area (TPSA) is 103 Å². The predicted octanol–water partition coefficient (Wildman–Crippen LogP) is 5.23. The van der Waals surface area contributed by atoms with Crippen molar-refractivity contribution in [3.8, 4) is 5.75 Å².